The molecule has 0 spiro atoms. The van der Waals surface area contributed by atoms with Gasteiger partial charge in [-0.25, -0.2) is 0 Å². The largest absolute Gasteiger partial charge is 0.459 e. The third kappa shape index (κ3) is 9.15. The lowest BCUT2D eigenvalue weighted by Gasteiger charge is -2.49. The van der Waals surface area contributed by atoms with Gasteiger partial charge in [0.05, 0.1) is 47.8 Å². The number of ether oxygens (including phenoxy) is 6. The minimum Gasteiger partial charge on any atom is -0.459 e. The highest BCUT2D eigenvalue weighted by Gasteiger charge is 2.52. The highest BCUT2D eigenvalue weighted by molar-refractivity contribution is 5.88. The second-order valence-corrected chi connectivity index (χ2v) is 16.1. The Labute approximate surface area is 292 Å². The minimum atomic E-state index is -1.89. The van der Waals surface area contributed by atoms with Crippen LogP contribution in [0.3, 0.4) is 0 Å². The van der Waals surface area contributed by atoms with Gasteiger partial charge in [-0.05, 0) is 71.6 Å². The van der Waals surface area contributed by atoms with E-state index in [4.69, 9.17) is 28.4 Å². The van der Waals surface area contributed by atoms with Crippen LogP contribution in [0, 0.1) is 29.1 Å². The van der Waals surface area contributed by atoms with Crippen molar-refractivity contribution in [3.05, 3.63) is 0 Å². The lowest BCUT2D eigenvalue weighted by atomic mass is 9.69. The van der Waals surface area contributed by atoms with Crippen molar-refractivity contribution in [3.63, 3.8) is 0 Å². The summed E-state index contributed by atoms with van der Waals surface area (Å²) < 4.78 is 37.4. The van der Waals surface area contributed by atoms with E-state index in [-0.39, 0.29) is 24.7 Å². The van der Waals surface area contributed by atoms with Crippen molar-refractivity contribution < 1.29 is 58.8 Å². The number of nitrogens with zero attached hydrogens (tertiary/aromatic N) is 1. The highest BCUT2D eigenvalue weighted by Crippen LogP contribution is 2.43. The molecule has 0 amide bonds. The summed E-state index contributed by atoms with van der Waals surface area (Å²) in [5, 5.41) is 58.9. The van der Waals surface area contributed by atoms with E-state index in [2.05, 4.69) is 5.16 Å². The van der Waals surface area contributed by atoms with Gasteiger partial charge >= 0.3 is 5.97 Å². The minimum absolute atomic E-state index is 0.144. The van der Waals surface area contributed by atoms with Crippen molar-refractivity contribution in [1.82, 2.24) is 0 Å². The van der Waals surface area contributed by atoms with Gasteiger partial charge in [0.2, 0.25) is 0 Å². The van der Waals surface area contributed by atoms with E-state index >= 15 is 0 Å². The molecule has 13 heteroatoms. The fourth-order valence-corrected chi connectivity index (χ4v) is 8.36. The molecule has 13 nitrogen and oxygen atoms in total. The Morgan fingerprint density at radius 2 is 1.53 bits per heavy atom. The number of aliphatic hydroxyl groups is 4. The van der Waals surface area contributed by atoms with Gasteiger partial charge in [0.1, 0.15) is 23.9 Å². The van der Waals surface area contributed by atoms with Crippen LogP contribution < -0.4 is 0 Å². The first-order valence-corrected chi connectivity index (χ1v) is 18.0. The molecule has 3 rings (SSSR count). The van der Waals surface area contributed by atoms with Crippen LogP contribution in [-0.2, 0) is 33.2 Å². The number of cyclic esters (lactones) is 1. The van der Waals surface area contributed by atoms with Crippen molar-refractivity contribution in [3.8, 4) is 0 Å². The molecule has 3 aliphatic rings. The van der Waals surface area contributed by atoms with Gasteiger partial charge in [-0.2, -0.15) is 0 Å². The summed E-state index contributed by atoms with van der Waals surface area (Å²) in [6.45, 7) is 19.7. The van der Waals surface area contributed by atoms with Crippen LogP contribution in [0.15, 0.2) is 5.16 Å². The number of hydrogen-bond donors (Lipinski definition) is 5. The maximum Gasteiger partial charge on any atom is 0.311 e. The first kappa shape index (κ1) is 42.0. The molecule has 3 fully saturated rings. The van der Waals surface area contributed by atoms with Crippen LogP contribution in [0.4, 0.5) is 0 Å². The highest BCUT2D eigenvalue weighted by atomic mass is 16.7. The predicted octanol–water partition coefficient (Wildman–Crippen LogP) is 3.78. The number of esters is 1. The second-order valence-electron chi connectivity index (χ2n) is 16.1. The van der Waals surface area contributed by atoms with Crippen molar-refractivity contribution in [2.45, 2.75) is 181 Å². The Morgan fingerprint density at radius 3 is 2.10 bits per heavy atom. The Morgan fingerprint density at radius 1 is 0.898 bits per heavy atom. The summed E-state index contributed by atoms with van der Waals surface area (Å²) in [5.74, 6) is -3.35. The van der Waals surface area contributed by atoms with Crippen LogP contribution in [0.5, 0.6) is 0 Å². The molecule has 49 heavy (non-hydrogen) atoms. The zero-order chi connectivity index (χ0) is 37.2. The van der Waals surface area contributed by atoms with Crippen LogP contribution in [0.2, 0.25) is 0 Å². The van der Waals surface area contributed by atoms with Gasteiger partial charge in [0, 0.05) is 25.4 Å². The van der Waals surface area contributed by atoms with Crippen LogP contribution in [0.25, 0.3) is 0 Å². The van der Waals surface area contributed by atoms with Crippen molar-refractivity contribution in [1.29, 1.82) is 0 Å². The Balaban J connectivity index is 2.18. The summed E-state index contributed by atoms with van der Waals surface area (Å²) >= 11 is 0. The standard InChI is InChI=1S/C36H65NO12/c1-13-25-36(11,42)29(39)20(4)27(37-43)18(2)16-34(8,9)31(49-33-24(38)15-14-19(3)45-33)21(5)28(22(6)32(41)47-25)48-26-17-35(10,44-12)30(40)23(7)46-26/h18-26,28-31,33,38-40,42-43H,13-17H2,1-12H3/b37-27-/t18-,19-,20+,21+,22-,23+,24-,25-,26?,28+,29-,30+,31-,33?,35-,36-/m1/s1. The van der Waals surface area contributed by atoms with Crippen molar-refractivity contribution >= 4 is 11.7 Å². The molecule has 0 aromatic carbocycles. The summed E-state index contributed by atoms with van der Waals surface area (Å²) in [4.78, 5) is 14.1. The lowest BCUT2D eigenvalue weighted by molar-refractivity contribution is -0.310. The lowest BCUT2D eigenvalue weighted by Crippen LogP contribution is -2.59. The molecular weight excluding hydrogens is 638 g/mol. The zero-order valence-electron chi connectivity index (χ0n) is 31.7. The molecule has 0 radical (unpaired) electrons. The third-order valence-electron chi connectivity index (χ3n) is 11.5. The maximum atomic E-state index is 14.1. The molecule has 0 bridgehead atoms. The number of rotatable bonds is 6. The SMILES string of the molecule is CC[C@H]1OC(=O)[C@H](C)[C@@H](OC2C[C@@](C)(OC)[C@@H](O)[C@H](C)O2)[C@H](C)[C@@H](OC2O[C@H](C)CC[C@H]2O)C(C)(C)C[C@@H](C)/C(=N/O)[C@H](C)[C@@H](O)[C@]1(C)O. The molecular formula is C36H65NO12. The molecule has 5 N–H and O–H groups in total. The molecule has 0 aromatic heterocycles. The fourth-order valence-electron chi connectivity index (χ4n) is 8.36. The van der Waals surface area contributed by atoms with Gasteiger partial charge in [-0.1, -0.05) is 46.7 Å². The second kappa shape index (κ2) is 16.5. The van der Waals surface area contributed by atoms with E-state index in [1.54, 1.807) is 34.6 Å². The first-order chi connectivity index (χ1) is 22.6. The quantitative estimate of drug-likeness (QED) is 0.153. The monoisotopic (exact) mass is 703 g/mol. The van der Waals surface area contributed by atoms with Gasteiger partial charge in [0.25, 0.3) is 0 Å². The number of hydrogen-bond acceptors (Lipinski definition) is 13. The average molecular weight is 704 g/mol. The smallest absolute Gasteiger partial charge is 0.311 e. The molecule has 3 heterocycles. The van der Waals surface area contributed by atoms with Crippen molar-refractivity contribution in [2.75, 3.05) is 7.11 Å². The van der Waals surface area contributed by atoms with E-state index < -0.39 is 102 Å². The zero-order valence-corrected chi connectivity index (χ0v) is 31.7. The number of carbonyl (C=O) groups excluding carboxylic acids is 1. The molecule has 16 atom stereocenters. The molecule has 286 valence electrons. The molecule has 2 unspecified atom stereocenters. The topological polar surface area (TPSA) is 186 Å². The summed E-state index contributed by atoms with van der Waals surface area (Å²) in [6.07, 6.45) is -6.65. The summed E-state index contributed by atoms with van der Waals surface area (Å²) in [5.41, 5.74) is -3.34. The first-order valence-electron chi connectivity index (χ1n) is 18.0. The third-order valence-corrected chi connectivity index (χ3v) is 11.5. The van der Waals surface area contributed by atoms with E-state index in [9.17, 15) is 30.4 Å². The van der Waals surface area contributed by atoms with Crippen LogP contribution in [0.1, 0.15) is 108 Å². The van der Waals surface area contributed by atoms with E-state index in [0.29, 0.717) is 19.3 Å². The van der Waals surface area contributed by atoms with Gasteiger partial charge < -0.3 is 54.1 Å². The summed E-state index contributed by atoms with van der Waals surface area (Å²) in [7, 11) is 1.52. The number of aliphatic hydroxyl groups excluding tert-OH is 3. The molecule has 0 aliphatic carbocycles. The Hall–Kier alpha value is -1.42. The van der Waals surface area contributed by atoms with Gasteiger partial charge in [-0.3, -0.25) is 4.79 Å². The normalized spacial score (nSPS) is 48.5. The number of methoxy groups -OCH3 is 1. The molecule has 3 saturated heterocycles. The number of oxime groups is 1. The Kier molecular flexibility index (Phi) is 14.1. The Bertz CT molecular complexity index is 1120. The van der Waals surface area contributed by atoms with Crippen LogP contribution >= 0.6 is 0 Å². The molecule has 3 aliphatic heterocycles. The molecule has 0 aromatic rings. The summed E-state index contributed by atoms with van der Waals surface area (Å²) in [6, 6.07) is 0. The van der Waals surface area contributed by atoms with E-state index in [1.165, 1.54) is 14.0 Å². The van der Waals surface area contributed by atoms with Crippen LogP contribution in [-0.4, -0.2) is 117 Å². The maximum absolute atomic E-state index is 14.1. The van der Waals surface area contributed by atoms with Crippen molar-refractivity contribution in [2.24, 2.45) is 34.2 Å². The number of carbonyl (C=O) groups is 1. The average Bonchev–Trinajstić information content (AvgIpc) is 3.03. The van der Waals surface area contributed by atoms with Gasteiger partial charge in [-0.15, -0.1) is 0 Å². The molecule has 0 saturated carbocycles. The van der Waals surface area contributed by atoms with Gasteiger partial charge in [0.15, 0.2) is 12.6 Å². The van der Waals surface area contributed by atoms with E-state index in [1.807, 2.05) is 34.6 Å². The predicted molar refractivity (Wildman–Crippen MR) is 181 cm³/mol. The van der Waals surface area contributed by atoms with E-state index in [0.717, 1.165) is 0 Å². The fraction of sp³-hybridized carbons (Fsp3) is 0.944.